The number of hydrogen-bond acceptors (Lipinski definition) is 1. The molecular formula is C61H42N2. The third-order valence-corrected chi connectivity index (χ3v) is 13.1. The van der Waals surface area contributed by atoms with Crippen LogP contribution in [0.3, 0.4) is 0 Å². The number of rotatable bonds is 8. The summed E-state index contributed by atoms with van der Waals surface area (Å²) in [6.45, 7) is 0. The van der Waals surface area contributed by atoms with Crippen LogP contribution in [-0.4, -0.2) is 4.57 Å². The highest BCUT2D eigenvalue weighted by molar-refractivity contribution is 6.09. The predicted octanol–water partition coefficient (Wildman–Crippen LogP) is 16.0. The van der Waals surface area contributed by atoms with Gasteiger partial charge in [0.05, 0.1) is 16.4 Å². The van der Waals surface area contributed by atoms with Crippen LogP contribution >= 0.6 is 0 Å². The van der Waals surface area contributed by atoms with Gasteiger partial charge in [-0.1, -0.05) is 194 Å². The Balaban J connectivity index is 1.09. The van der Waals surface area contributed by atoms with Gasteiger partial charge in [0.1, 0.15) is 0 Å². The molecule has 0 atom stereocenters. The predicted molar refractivity (Wildman–Crippen MR) is 264 cm³/mol. The van der Waals surface area contributed by atoms with E-state index in [0.717, 1.165) is 22.7 Å². The highest BCUT2D eigenvalue weighted by Crippen LogP contribution is 2.58. The summed E-state index contributed by atoms with van der Waals surface area (Å²) in [5, 5.41) is 2.51. The molecule has 0 bridgehead atoms. The maximum absolute atomic E-state index is 2.47. The lowest BCUT2D eigenvalue weighted by atomic mass is 9.67. The van der Waals surface area contributed by atoms with Gasteiger partial charge in [-0.15, -0.1) is 0 Å². The first-order valence-corrected chi connectivity index (χ1v) is 21.8. The van der Waals surface area contributed by atoms with Crippen molar-refractivity contribution in [2.45, 2.75) is 5.41 Å². The summed E-state index contributed by atoms with van der Waals surface area (Å²) in [5.74, 6) is 0. The average Bonchev–Trinajstić information content (AvgIpc) is 3.86. The molecule has 12 rings (SSSR count). The molecule has 63 heavy (non-hydrogen) atoms. The van der Waals surface area contributed by atoms with E-state index >= 15 is 0 Å². The van der Waals surface area contributed by atoms with Gasteiger partial charge in [0.15, 0.2) is 0 Å². The summed E-state index contributed by atoms with van der Waals surface area (Å²) in [5.41, 5.74) is 18.5. The van der Waals surface area contributed by atoms with Crippen LogP contribution in [0.5, 0.6) is 0 Å². The lowest BCUT2D eigenvalue weighted by Crippen LogP contribution is -2.29. The van der Waals surface area contributed by atoms with Crippen LogP contribution in [-0.2, 0) is 5.41 Å². The Hall–Kier alpha value is -8.20. The Morgan fingerprint density at radius 2 is 0.683 bits per heavy atom. The van der Waals surface area contributed by atoms with Crippen molar-refractivity contribution in [3.63, 3.8) is 0 Å². The first-order valence-electron chi connectivity index (χ1n) is 21.8. The topological polar surface area (TPSA) is 8.17 Å². The Morgan fingerprint density at radius 1 is 0.302 bits per heavy atom. The van der Waals surface area contributed by atoms with Crippen molar-refractivity contribution < 1.29 is 0 Å². The second-order valence-electron chi connectivity index (χ2n) is 16.5. The number of para-hydroxylation sites is 2. The molecule has 0 amide bonds. The standard InChI is InChI=1S/C61H42N2/c1-5-17-43(18-6-1)45-29-33-49(34-30-45)62(50-35-31-46(32-36-50)44-19-7-2-8-20-44)51-37-39-53-54-40-38-52(63-59-27-15-13-25-55(59)56-26-14-16-28-60(56)63)42-58(54)61(57(53)41-51,47-21-9-3-10-22-47)48-23-11-4-12-24-48/h1-42H. The van der Waals surface area contributed by atoms with Gasteiger partial charge in [0.2, 0.25) is 0 Å². The lowest BCUT2D eigenvalue weighted by molar-refractivity contribution is 0.767. The van der Waals surface area contributed by atoms with Crippen molar-refractivity contribution in [1.82, 2.24) is 4.57 Å². The molecule has 2 nitrogen and oxygen atoms in total. The summed E-state index contributed by atoms with van der Waals surface area (Å²) in [6.07, 6.45) is 0. The second kappa shape index (κ2) is 15.1. The largest absolute Gasteiger partial charge is 0.310 e. The Labute approximate surface area is 368 Å². The summed E-state index contributed by atoms with van der Waals surface area (Å²) in [4.78, 5) is 2.41. The van der Waals surface area contributed by atoms with Gasteiger partial charge < -0.3 is 9.47 Å². The van der Waals surface area contributed by atoms with Gasteiger partial charge in [0, 0.05) is 33.5 Å². The molecule has 11 aromatic rings. The third-order valence-electron chi connectivity index (χ3n) is 13.1. The van der Waals surface area contributed by atoms with E-state index in [4.69, 9.17) is 0 Å². The first-order chi connectivity index (χ1) is 31.3. The Morgan fingerprint density at radius 3 is 1.17 bits per heavy atom. The summed E-state index contributed by atoms with van der Waals surface area (Å²) in [7, 11) is 0. The summed E-state index contributed by atoms with van der Waals surface area (Å²) in [6, 6.07) is 93.4. The Kier molecular flexibility index (Phi) is 8.76. The third kappa shape index (κ3) is 5.95. The summed E-state index contributed by atoms with van der Waals surface area (Å²) < 4.78 is 2.44. The lowest BCUT2D eigenvalue weighted by Gasteiger charge is -2.35. The maximum Gasteiger partial charge on any atom is 0.0715 e. The minimum absolute atomic E-state index is 0.613. The molecule has 2 heteroatoms. The highest BCUT2D eigenvalue weighted by atomic mass is 15.1. The van der Waals surface area contributed by atoms with E-state index in [2.05, 4.69) is 264 Å². The van der Waals surface area contributed by atoms with Crippen LogP contribution in [0, 0.1) is 0 Å². The van der Waals surface area contributed by atoms with Crippen molar-refractivity contribution in [2.24, 2.45) is 0 Å². The smallest absolute Gasteiger partial charge is 0.0715 e. The van der Waals surface area contributed by atoms with Crippen molar-refractivity contribution in [2.75, 3.05) is 4.90 Å². The number of nitrogens with zero attached hydrogens (tertiary/aromatic N) is 2. The molecule has 0 radical (unpaired) electrons. The minimum Gasteiger partial charge on any atom is -0.310 e. The molecule has 1 aliphatic rings. The molecule has 296 valence electrons. The monoisotopic (exact) mass is 802 g/mol. The fourth-order valence-corrected chi connectivity index (χ4v) is 10.3. The number of fused-ring (bicyclic) bond motifs is 6. The zero-order chi connectivity index (χ0) is 41.7. The molecule has 0 unspecified atom stereocenters. The molecule has 10 aromatic carbocycles. The molecule has 0 spiro atoms. The average molecular weight is 803 g/mol. The van der Waals surface area contributed by atoms with E-state index in [1.807, 2.05) is 0 Å². The number of aromatic nitrogens is 1. The van der Waals surface area contributed by atoms with Crippen molar-refractivity contribution in [1.29, 1.82) is 0 Å². The second-order valence-corrected chi connectivity index (χ2v) is 16.5. The van der Waals surface area contributed by atoms with Gasteiger partial charge in [-0.3, -0.25) is 0 Å². The normalized spacial score (nSPS) is 12.6. The fraction of sp³-hybridized carbons (Fsp3) is 0.0164. The quantitative estimate of drug-likeness (QED) is 0.149. The van der Waals surface area contributed by atoms with Gasteiger partial charge in [-0.2, -0.15) is 0 Å². The van der Waals surface area contributed by atoms with Crippen LogP contribution in [0.25, 0.3) is 60.9 Å². The van der Waals surface area contributed by atoms with E-state index in [1.165, 1.54) is 77.4 Å². The van der Waals surface area contributed by atoms with Crippen molar-refractivity contribution in [3.8, 4) is 39.1 Å². The Bertz CT molecular complexity index is 3230. The number of anilines is 3. The number of hydrogen-bond donors (Lipinski definition) is 0. The van der Waals surface area contributed by atoms with E-state index in [-0.39, 0.29) is 0 Å². The van der Waals surface area contributed by atoms with E-state index < -0.39 is 5.41 Å². The molecule has 0 fully saturated rings. The molecule has 0 saturated heterocycles. The zero-order valence-electron chi connectivity index (χ0n) is 34.6. The van der Waals surface area contributed by atoms with Crippen LogP contribution in [0.15, 0.2) is 255 Å². The molecule has 1 heterocycles. The van der Waals surface area contributed by atoms with Crippen LogP contribution in [0.2, 0.25) is 0 Å². The first kappa shape index (κ1) is 36.6. The molecule has 1 aromatic heterocycles. The molecule has 1 aliphatic carbocycles. The zero-order valence-corrected chi connectivity index (χ0v) is 34.6. The van der Waals surface area contributed by atoms with E-state index in [9.17, 15) is 0 Å². The van der Waals surface area contributed by atoms with Crippen molar-refractivity contribution in [3.05, 3.63) is 277 Å². The fourth-order valence-electron chi connectivity index (χ4n) is 10.3. The van der Waals surface area contributed by atoms with Crippen LogP contribution in [0.4, 0.5) is 17.1 Å². The number of benzene rings is 10. The van der Waals surface area contributed by atoms with Gasteiger partial charge >= 0.3 is 0 Å². The van der Waals surface area contributed by atoms with E-state index in [1.54, 1.807) is 0 Å². The van der Waals surface area contributed by atoms with Gasteiger partial charge in [-0.05, 0) is 116 Å². The van der Waals surface area contributed by atoms with Crippen LogP contribution < -0.4 is 4.90 Å². The SMILES string of the molecule is c1ccc(-c2ccc(N(c3ccc(-c4ccccc4)cc3)c3ccc4c(c3)C(c3ccccc3)(c3ccccc3)c3cc(-n5c6ccccc6c6ccccc65)ccc3-4)cc2)cc1. The van der Waals surface area contributed by atoms with Crippen LogP contribution in [0.1, 0.15) is 22.3 Å². The van der Waals surface area contributed by atoms with E-state index in [0.29, 0.717) is 0 Å². The van der Waals surface area contributed by atoms with Crippen molar-refractivity contribution >= 4 is 38.9 Å². The summed E-state index contributed by atoms with van der Waals surface area (Å²) >= 11 is 0. The minimum atomic E-state index is -0.613. The van der Waals surface area contributed by atoms with Gasteiger partial charge in [-0.25, -0.2) is 0 Å². The molecule has 0 saturated carbocycles. The maximum atomic E-state index is 2.47. The van der Waals surface area contributed by atoms with Gasteiger partial charge in [0.25, 0.3) is 0 Å². The molecule has 0 N–H and O–H groups in total. The molecular weight excluding hydrogens is 761 g/mol. The molecule has 0 aliphatic heterocycles. The highest BCUT2D eigenvalue weighted by Gasteiger charge is 2.46.